The van der Waals surface area contributed by atoms with Crippen LogP contribution in [0.5, 0.6) is 0 Å². The molecule has 2 rings (SSSR count). The van der Waals surface area contributed by atoms with Crippen LogP contribution in [-0.4, -0.2) is 34.6 Å². The predicted molar refractivity (Wildman–Crippen MR) is 76.6 cm³/mol. The normalized spacial score (nSPS) is 32.3. The third-order valence-corrected chi connectivity index (χ3v) is 6.38. The Labute approximate surface area is 114 Å². The number of rotatable bonds is 3. The highest BCUT2D eigenvalue weighted by atomic mass is 32.2. The van der Waals surface area contributed by atoms with Crippen LogP contribution in [0.3, 0.4) is 0 Å². The zero-order chi connectivity index (χ0) is 12.3. The van der Waals surface area contributed by atoms with Crippen LogP contribution in [0, 0.1) is 5.92 Å². The molecule has 0 aromatic rings. The van der Waals surface area contributed by atoms with E-state index in [2.05, 4.69) is 30.4 Å². The second-order valence-electron chi connectivity index (χ2n) is 5.43. The summed E-state index contributed by atoms with van der Waals surface area (Å²) in [6.45, 7) is 7.22. The van der Waals surface area contributed by atoms with Crippen LogP contribution in [0.2, 0.25) is 0 Å². The molecule has 2 fully saturated rings. The minimum atomic E-state index is -0.385. The van der Waals surface area contributed by atoms with Gasteiger partial charge in [0, 0.05) is 0 Å². The molecule has 0 N–H and O–H groups in total. The standard InChI is InChI=1S/C13H24O2S2/c1-10(9-12-16-7-4-8-17-12)11-5-6-14-13(2,3)15-11/h10-12H,4-9H2,1-3H3/t10-,11+/m1/s1. The van der Waals surface area contributed by atoms with Crippen LogP contribution < -0.4 is 0 Å². The lowest BCUT2D eigenvalue weighted by Gasteiger charge is -2.39. The van der Waals surface area contributed by atoms with Crippen molar-refractivity contribution >= 4 is 23.5 Å². The summed E-state index contributed by atoms with van der Waals surface area (Å²) in [7, 11) is 0. The highest BCUT2D eigenvalue weighted by Crippen LogP contribution is 2.37. The Balaban J connectivity index is 1.80. The van der Waals surface area contributed by atoms with Gasteiger partial charge in [0.25, 0.3) is 0 Å². The monoisotopic (exact) mass is 276 g/mol. The van der Waals surface area contributed by atoms with Crippen LogP contribution in [0.15, 0.2) is 0 Å². The smallest absolute Gasteiger partial charge is 0.163 e. The maximum absolute atomic E-state index is 6.04. The lowest BCUT2D eigenvalue weighted by atomic mass is 9.98. The van der Waals surface area contributed by atoms with Crippen LogP contribution in [0.4, 0.5) is 0 Å². The molecule has 0 saturated carbocycles. The Bertz CT molecular complexity index is 240. The van der Waals surface area contributed by atoms with Crippen molar-refractivity contribution in [1.29, 1.82) is 0 Å². The molecule has 2 heterocycles. The zero-order valence-corrected chi connectivity index (χ0v) is 12.7. The fourth-order valence-electron chi connectivity index (χ4n) is 2.41. The van der Waals surface area contributed by atoms with E-state index >= 15 is 0 Å². The molecule has 2 aliphatic rings. The summed E-state index contributed by atoms with van der Waals surface area (Å²) in [4.78, 5) is 0. The summed E-state index contributed by atoms with van der Waals surface area (Å²) >= 11 is 4.26. The number of ether oxygens (including phenoxy) is 2. The second-order valence-corrected chi connectivity index (χ2v) is 8.35. The van der Waals surface area contributed by atoms with E-state index in [1.165, 1.54) is 24.3 Å². The average molecular weight is 276 g/mol. The third kappa shape index (κ3) is 4.34. The van der Waals surface area contributed by atoms with Gasteiger partial charge in [-0.3, -0.25) is 0 Å². The molecular weight excluding hydrogens is 252 g/mol. The van der Waals surface area contributed by atoms with Crippen molar-refractivity contribution in [3.63, 3.8) is 0 Å². The van der Waals surface area contributed by atoms with Crippen molar-refractivity contribution in [3.05, 3.63) is 0 Å². The molecule has 17 heavy (non-hydrogen) atoms. The molecular formula is C13H24O2S2. The van der Waals surface area contributed by atoms with Gasteiger partial charge in [-0.25, -0.2) is 0 Å². The van der Waals surface area contributed by atoms with Crippen molar-refractivity contribution in [2.45, 2.75) is 56.5 Å². The Hall–Kier alpha value is 0.620. The van der Waals surface area contributed by atoms with E-state index in [-0.39, 0.29) is 5.79 Å². The Morgan fingerprint density at radius 2 is 2.00 bits per heavy atom. The van der Waals surface area contributed by atoms with Gasteiger partial charge in [-0.05, 0) is 50.5 Å². The van der Waals surface area contributed by atoms with Gasteiger partial charge in [0.05, 0.1) is 17.3 Å². The minimum Gasteiger partial charge on any atom is -0.350 e. The lowest BCUT2D eigenvalue weighted by Crippen LogP contribution is -2.42. The number of hydrogen-bond donors (Lipinski definition) is 0. The maximum Gasteiger partial charge on any atom is 0.163 e. The first-order chi connectivity index (χ1) is 8.07. The molecule has 2 nitrogen and oxygen atoms in total. The summed E-state index contributed by atoms with van der Waals surface area (Å²) in [6.07, 6.45) is 4.07. The molecule has 100 valence electrons. The summed E-state index contributed by atoms with van der Waals surface area (Å²) < 4.78 is 12.4. The summed E-state index contributed by atoms with van der Waals surface area (Å²) in [5.41, 5.74) is 0. The average Bonchev–Trinajstić information content (AvgIpc) is 2.29. The SMILES string of the molecule is C[C@H](CC1SCCCS1)[C@@H]1CCOC(C)(C)O1. The van der Waals surface area contributed by atoms with E-state index in [4.69, 9.17) is 9.47 Å². The molecule has 0 aromatic heterocycles. The number of hydrogen-bond acceptors (Lipinski definition) is 4. The van der Waals surface area contributed by atoms with Crippen molar-refractivity contribution < 1.29 is 9.47 Å². The molecule has 2 aliphatic heterocycles. The molecule has 0 radical (unpaired) electrons. The molecule has 0 bridgehead atoms. The van der Waals surface area contributed by atoms with Crippen molar-refractivity contribution in [1.82, 2.24) is 0 Å². The van der Waals surface area contributed by atoms with Gasteiger partial charge in [-0.15, -0.1) is 23.5 Å². The Morgan fingerprint density at radius 1 is 1.29 bits per heavy atom. The second kappa shape index (κ2) is 6.18. The van der Waals surface area contributed by atoms with Crippen LogP contribution >= 0.6 is 23.5 Å². The van der Waals surface area contributed by atoms with E-state index in [0.29, 0.717) is 12.0 Å². The van der Waals surface area contributed by atoms with Crippen LogP contribution in [-0.2, 0) is 9.47 Å². The third-order valence-electron chi connectivity index (χ3n) is 3.38. The Kier molecular flexibility index (Phi) is 5.10. The van der Waals surface area contributed by atoms with Gasteiger partial charge in [0.2, 0.25) is 0 Å². The molecule has 0 amide bonds. The van der Waals surface area contributed by atoms with Gasteiger partial charge < -0.3 is 9.47 Å². The van der Waals surface area contributed by atoms with Gasteiger partial charge in [0.15, 0.2) is 5.79 Å². The molecule has 4 heteroatoms. The summed E-state index contributed by atoms with van der Waals surface area (Å²) in [5.74, 6) is 2.93. The highest BCUT2D eigenvalue weighted by molar-refractivity contribution is 8.17. The lowest BCUT2D eigenvalue weighted by molar-refractivity contribution is -0.281. The van der Waals surface area contributed by atoms with E-state index in [9.17, 15) is 0 Å². The Morgan fingerprint density at radius 3 is 2.65 bits per heavy atom. The van der Waals surface area contributed by atoms with Crippen LogP contribution in [0.1, 0.15) is 40.0 Å². The fourth-order valence-corrected chi connectivity index (χ4v) is 5.58. The first-order valence-corrected chi connectivity index (χ1v) is 8.71. The van der Waals surface area contributed by atoms with Gasteiger partial charge >= 0.3 is 0 Å². The van der Waals surface area contributed by atoms with Gasteiger partial charge in [0.1, 0.15) is 0 Å². The zero-order valence-electron chi connectivity index (χ0n) is 11.1. The molecule has 0 aromatic carbocycles. The molecule has 0 spiro atoms. The first-order valence-electron chi connectivity index (χ1n) is 6.62. The van der Waals surface area contributed by atoms with E-state index in [1.807, 2.05) is 13.8 Å². The van der Waals surface area contributed by atoms with Crippen molar-refractivity contribution in [3.8, 4) is 0 Å². The summed E-state index contributed by atoms with van der Waals surface area (Å²) in [6, 6.07) is 0. The van der Waals surface area contributed by atoms with E-state index in [1.54, 1.807) is 0 Å². The van der Waals surface area contributed by atoms with Crippen LogP contribution in [0.25, 0.3) is 0 Å². The van der Waals surface area contributed by atoms with E-state index in [0.717, 1.165) is 17.6 Å². The van der Waals surface area contributed by atoms with E-state index < -0.39 is 0 Å². The molecule has 2 atom stereocenters. The predicted octanol–water partition coefficient (Wildman–Crippen LogP) is 3.75. The first kappa shape index (κ1) is 14.0. The molecule has 0 unspecified atom stereocenters. The largest absolute Gasteiger partial charge is 0.350 e. The van der Waals surface area contributed by atoms with Crippen molar-refractivity contribution in [2.75, 3.05) is 18.1 Å². The quantitative estimate of drug-likeness (QED) is 0.781. The number of thioether (sulfide) groups is 2. The minimum absolute atomic E-state index is 0.377. The van der Waals surface area contributed by atoms with Crippen molar-refractivity contribution in [2.24, 2.45) is 5.92 Å². The highest BCUT2D eigenvalue weighted by Gasteiger charge is 2.33. The van der Waals surface area contributed by atoms with Gasteiger partial charge in [-0.2, -0.15) is 0 Å². The summed E-state index contributed by atoms with van der Waals surface area (Å²) in [5, 5.41) is 0. The topological polar surface area (TPSA) is 18.5 Å². The maximum atomic E-state index is 6.04. The van der Waals surface area contributed by atoms with Gasteiger partial charge in [-0.1, -0.05) is 6.92 Å². The fraction of sp³-hybridized carbons (Fsp3) is 1.00. The molecule has 2 saturated heterocycles. The molecule has 0 aliphatic carbocycles.